The van der Waals surface area contributed by atoms with E-state index in [0.29, 0.717) is 12.5 Å². The van der Waals surface area contributed by atoms with Crippen molar-refractivity contribution < 1.29 is 4.79 Å². The number of para-hydroxylation sites is 2. The van der Waals surface area contributed by atoms with Crippen LogP contribution < -0.4 is 11.0 Å². The zero-order valence-electron chi connectivity index (χ0n) is 17.1. The van der Waals surface area contributed by atoms with E-state index in [1.54, 1.807) is 0 Å². The number of piperidine rings is 1. The van der Waals surface area contributed by atoms with Gasteiger partial charge < -0.3 is 15.2 Å². The molecule has 1 saturated carbocycles. The molecule has 0 radical (unpaired) electrons. The Morgan fingerprint density at radius 1 is 1.03 bits per heavy atom. The summed E-state index contributed by atoms with van der Waals surface area (Å²) in [6.07, 6.45) is 2.86. The van der Waals surface area contributed by atoms with Crippen molar-refractivity contribution >= 4 is 16.9 Å². The van der Waals surface area contributed by atoms with Gasteiger partial charge in [-0.1, -0.05) is 42.5 Å². The van der Waals surface area contributed by atoms with Crippen molar-refractivity contribution in [1.82, 2.24) is 19.8 Å². The minimum atomic E-state index is -0.0145. The summed E-state index contributed by atoms with van der Waals surface area (Å²) in [6.45, 7) is 3.45. The van der Waals surface area contributed by atoms with Crippen LogP contribution in [0.2, 0.25) is 0 Å². The van der Waals surface area contributed by atoms with Gasteiger partial charge in [-0.15, -0.1) is 0 Å². The summed E-state index contributed by atoms with van der Waals surface area (Å²) in [5.74, 6) is 0.701. The first-order chi connectivity index (χ1) is 14.7. The van der Waals surface area contributed by atoms with Crippen LogP contribution in [0.4, 0.5) is 0 Å². The molecule has 3 aromatic rings. The number of likely N-dealkylation sites (tertiary alicyclic amines) is 1. The molecule has 2 aromatic carbocycles. The fraction of sp³-hybridized carbons (Fsp3) is 0.417. The molecule has 2 atom stereocenters. The normalized spacial score (nSPS) is 22.3. The number of carbonyl (C=O) groups excluding carboxylic acids is 1. The van der Waals surface area contributed by atoms with Crippen LogP contribution in [-0.2, 0) is 4.79 Å². The minimum absolute atomic E-state index is 0.0145. The molecular formula is C24H28N4O2. The number of hydrogen-bond acceptors (Lipinski definition) is 3. The van der Waals surface area contributed by atoms with Crippen LogP contribution in [0, 0.1) is 5.92 Å². The Hall–Kier alpha value is -2.86. The highest BCUT2D eigenvalue weighted by atomic mass is 16.2. The molecule has 0 spiro atoms. The van der Waals surface area contributed by atoms with E-state index in [2.05, 4.69) is 27.3 Å². The zero-order valence-corrected chi connectivity index (χ0v) is 17.1. The maximum Gasteiger partial charge on any atom is 0.326 e. The van der Waals surface area contributed by atoms with Crippen LogP contribution >= 0.6 is 0 Å². The van der Waals surface area contributed by atoms with E-state index in [4.69, 9.17) is 0 Å². The molecule has 6 nitrogen and oxygen atoms in total. The summed E-state index contributed by atoms with van der Waals surface area (Å²) < 4.78 is 1.92. The number of H-pyrrole nitrogens is 1. The molecule has 2 heterocycles. The van der Waals surface area contributed by atoms with Crippen molar-refractivity contribution in [3.63, 3.8) is 0 Å². The second kappa shape index (κ2) is 8.11. The summed E-state index contributed by atoms with van der Waals surface area (Å²) in [6, 6.07) is 18.4. The number of carbonyl (C=O) groups is 1. The molecule has 156 valence electrons. The molecule has 30 heavy (non-hydrogen) atoms. The summed E-state index contributed by atoms with van der Waals surface area (Å²) in [5.41, 5.74) is 3.15. The predicted molar refractivity (Wildman–Crippen MR) is 118 cm³/mol. The Labute approximate surface area is 175 Å². The Kier molecular flexibility index (Phi) is 5.17. The van der Waals surface area contributed by atoms with E-state index >= 15 is 0 Å². The molecule has 2 unspecified atom stereocenters. The van der Waals surface area contributed by atoms with Crippen molar-refractivity contribution in [2.75, 3.05) is 26.2 Å². The fourth-order valence-electron chi connectivity index (χ4n) is 4.86. The maximum atomic E-state index is 12.4. The largest absolute Gasteiger partial charge is 0.355 e. The van der Waals surface area contributed by atoms with Crippen LogP contribution in [0.25, 0.3) is 11.0 Å². The molecule has 1 aliphatic carbocycles. The minimum Gasteiger partial charge on any atom is -0.355 e. The molecule has 5 rings (SSSR count). The first-order valence-corrected chi connectivity index (χ1v) is 10.9. The van der Waals surface area contributed by atoms with Gasteiger partial charge in [-0.3, -0.25) is 9.36 Å². The Balaban J connectivity index is 1.09. The average molecular weight is 405 g/mol. The molecular weight excluding hydrogens is 376 g/mol. The summed E-state index contributed by atoms with van der Waals surface area (Å²) >= 11 is 0. The van der Waals surface area contributed by atoms with Gasteiger partial charge in [0.2, 0.25) is 5.91 Å². The first-order valence-electron chi connectivity index (χ1n) is 10.9. The highest BCUT2D eigenvalue weighted by molar-refractivity contribution is 5.82. The number of fused-ring (bicyclic) bond motifs is 1. The quantitative estimate of drug-likeness (QED) is 0.664. The molecule has 0 bridgehead atoms. The van der Waals surface area contributed by atoms with Gasteiger partial charge in [-0.05, 0) is 42.9 Å². The number of aromatic nitrogens is 2. The van der Waals surface area contributed by atoms with Gasteiger partial charge in [0, 0.05) is 38.1 Å². The number of imidazole rings is 1. The molecule has 2 aliphatic rings. The second-order valence-electron chi connectivity index (χ2n) is 8.54. The highest BCUT2D eigenvalue weighted by Gasteiger charge is 2.43. The van der Waals surface area contributed by atoms with Crippen molar-refractivity contribution in [2.45, 2.75) is 31.2 Å². The molecule has 1 saturated heterocycles. The van der Waals surface area contributed by atoms with Gasteiger partial charge in [-0.2, -0.15) is 0 Å². The number of nitrogens with one attached hydrogen (secondary N) is 2. The zero-order chi connectivity index (χ0) is 20.5. The van der Waals surface area contributed by atoms with Crippen LogP contribution in [-0.4, -0.2) is 46.5 Å². The van der Waals surface area contributed by atoms with Crippen molar-refractivity contribution in [1.29, 1.82) is 0 Å². The third-order valence-corrected chi connectivity index (χ3v) is 6.63. The molecule has 1 aliphatic heterocycles. The van der Waals surface area contributed by atoms with Gasteiger partial charge in [-0.25, -0.2) is 4.79 Å². The van der Waals surface area contributed by atoms with E-state index in [1.165, 1.54) is 5.56 Å². The van der Waals surface area contributed by atoms with E-state index in [0.717, 1.165) is 49.9 Å². The maximum absolute atomic E-state index is 12.4. The summed E-state index contributed by atoms with van der Waals surface area (Å²) in [7, 11) is 0. The van der Waals surface area contributed by atoms with Gasteiger partial charge >= 0.3 is 5.69 Å². The van der Waals surface area contributed by atoms with Crippen molar-refractivity contribution in [2.24, 2.45) is 5.92 Å². The number of aromatic amines is 1. The lowest BCUT2D eigenvalue weighted by atomic mass is 10.0. The highest BCUT2D eigenvalue weighted by Crippen LogP contribution is 2.47. The monoisotopic (exact) mass is 404 g/mol. The lowest BCUT2D eigenvalue weighted by Crippen LogP contribution is -2.41. The van der Waals surface area contributed by atoms with Crippen LogP contribution in [0.15, 0.2) is 59.4 Å². The van der Waals surface area contributed by atoms with Crippen LogP contribution in [0.5, 0.6) is 0 Å². The van der Waals surface area contributed by atoms with Crippen molar-refractivity contribution in [3.05, 3.63) is 70.6 Å². The van der Waals surface area contributed by atoms with Gasteiger partial charge in [0.1, 0.15) is 0 Å². The van der Waals surface area contributed by atoms with Crippen molar-refractivity contribution in [3.8, 4) is 0 Å². The van der Waals surface area contributed by atoms with E-state index < -0.39 is 0 Å². The smallest absolute Gasteiger partial charge is 0.326 e. The second-order valence-corrected chi connectivity index (χ2v) is 8.54. The number of rotatable bonds is 6. The fourth-order valence-corrected chi connectivity index (χ4v) is 4.86. The van der Waals surface area contributed by atoms with Gasteiger partial charge in [0.05, 0.1) is 11.0 Å². The summed E-state index contributed by atoms with van der Waals surface area (Å²) in [4.78, 5) is 30.2. The molecule has 6 heteroatoms. The third kappa shape index (κ3) is 3.79. The average Bonchev–Trinajstić information content (AvgIpc) is 3.51. The van der Waals surface area contributed by atoms with E-state index in [-0.39, 0.29) is 23.6 Å². The SMILES string of the molecule is O=C(NCCN1CCC(n2c(=O)[nH]c3ccccc32)CC1)C1CC1c1ccccc1. The number of benzene rings is 2. The summed E-state index contributed by atoms with van der Waals surface area (Å²) in [5, 5.41) is 3.12. The molecule has 2 N–H and O–H groups in total. The number of nitrogens with zero attached hydrogens (tertiary/aromatic N) is 2. The first kappa shape index (κ1) is 19.1. The van der Waals surface area contributed by atoms with E-state index in [9.17, 15) is 9.59 Å². The topological polar surface area (TPSA) is 70.1 Å². The Bertz CT molecular complexity index is 1080. The van der Waals surface area contributed by atoms with Gasteiger partial charge in [0.25, 0.3) is 0 Å². The van der Waals surface area contributed by atoms with Crippen LogP contribution in [0.3, 0.4) is 0 Å². The molecule has 1 amide bonds. The standard InChI is InChI=1S/C24H28N4O2/c29-23(20-16-19(20)17-6-2-1-3-7-17)25-12-15-27-13-10-18(11-14-27)28-22-9-5-4-8-21(22)26-24(28)30/h1-9,18-20H,10-16H2,(H,25,29)(H,26,30). The van der Waals surface area contributed by atoms with Gasteiger partial charge in [0.15, 0.2) is 0 Å². The lowest BCUT2D eigenvalue weighted by molar-refractivity contribution is -0.122. The molecule has 2 fully saturated rings. The van der Waals surface area contributed by atoms with E-state index in [1.807, 2.05) is 47.0 Å². The Morgan fingerprint density at radius 2 is 1.77 bits per heavy atom. The lowest BCUT2D eigenvalue weighted by Gasteiger charge is -2.32. The third-order valence-electron chi connectivity index (χ3n) is 6.63. The molecule has 1 aromatic heterocycles. The van der Waals surface area contributed by atoms with Crippen LogP contribution in [0.1, 0.15) is 36.8 Å². The number of amides is 1. The number of hydrogen-bond donors (Lipinski definition) is 2. The Morgan fingerprint density at radius 3 is 2.57 bits per heavy atom. The predicted octanol–water partition coefficient (Wildman–Crippen LogP) is 2.89.